The van der Waals surface area contributed by atoms with Crippen LogP contribution < -0.4 is 10.5 Å². The van der Waals surface area contributed by atoms with Crippen molar-refractivity contribution in [2.75, 3.05) is 32.1 Å². The number of hydrogen-bond acceptors (Lipinski definition) is 7. The molecule has 37 heavy (non-hydrogen) atoms. The zero-order valence-corrected chi connectivity index (χ0v) is 22.5. The number of carbonyl (C=O) groups is 1. The van der Waals surface area contributed by atoms with E-state index in [1.54, 1.807) is 39.7 Å². The van der Waals surface area contributed by atoms with Crippen LogP contribution in [0.4, 0.5) is 5.69 Å². The Morgan fingerprint density at radius 3 is 2.62 bits per heavy atom. The van der Waals surface area contributed by atoms with Gasteiger partial charge in [0, 0.05) is 44.2 Å². The number of nitrogens with zero attached hydrogens (tertiary/aromatic N) is 6. The Kier molecular flexibility index (Phi) is 7.55. The molecule has 0 N–H and O–H groups in total. The molecule has 0 aliphatic carbocycles. The second kappa shape index (κ2) is 11.0. The average molecular weight is 537 g/mol. The van der Waals surface area contributed by atoms with E-state index in [2.05, 4.69) is 40.3 Å². The molecule has 10 heteroatoms. The summed E-state index contributed by atoms with van der Waals surface area (Å²) < 4.78 is 4.03. The van der Waals surface area contributed by atoms with Gasteiger partial charge >= 0.3 is 0 Å². The summed E-state index contributed by atoms with van der Waals surface area (Å²) in [5, 5.41) is 8.73. The summed E-state index contributed by atoms with van der Waals surface area (Å²) in [4.78, 5) is 30.3. The average Bonchev–Trinajstić information content (AvgIpc) is 3.56. The molecule has 0 radical (unpaired) electrons. The molecular weight excluding hydrogens is 508 g/mol. The Morgan fingerprint density at radius 2 is 1.92 bits per heavy atom. The third-order valence-corrected chi connectivity index (χ3v) is 8.11. The van der Waals surface area contributed by atoms with Crippen molar-refractivity contribution in [2.24, 2.45) is 0 Å². The molecule has 0 spiro atoms. The van der Waals surface area contributed by atoms with Gasteiger partial charge in [-0.15, -0.1) is 16.4 Å². The third-order valence-electron chi connectivity index (χ3n) is 6.84. The monoisotopic (exact) mass is 536 g/mol. The molecule has 0 amide bonds. The maximum Gasteiger partial charge on any atom is 0.255 e. The maximum atomic E-state index is 12.5. The van der Waals surface area contributed by atoms with Crippen LogP contribution in [-0.4, -0.2) is 63.5 Å². The van der Waals surface area contributed by atoms with Crippen molar-refractivity contribution in [1.82, 2.24) is 24.5 Å². The Labute approximate surface area is 224 Å². The first-order chi connectivity index (χ1) is 17.9. The van der Waals surface area contributed by atoms with Crippen molar-refractivity contribution >= 4 is 34.4 Å². The van der Waals surface area contributed by atoms with Crippen molar-refractivity contribution in [3.63, 3.8) is 0 Å². The van der Waals surface area contributed by atoms with Crippen molar-refractivity contribution in [3.8, 4) is 11.4 Å². The molecule has 0 bridgehead atoms. The topological polar surface area (TPSA) is 76.3 Å². The van der Waals surface area contributed by atoms with Gasteiger partial charge in [-0.25, -0.2) is 4.68 Å². The van der Waals surface area contributed by atoms with Gasteiger partial charge in [-0.05, 0) is 63.3 Å². The molecular formula is C27H29ClN6O2S. The number of anilines is 1. The smallest absolute Gasteiger partial charge is 0.255 e. The molecule has 1 aliphatic rings. The minimum Gasteiger partial charge on any atom is -0.370 e. The van der Waals surface area contributed by atoms with Gasteiger partial charge in [0.15, 0.2) is 5.78 Å². The molecule has 192 valence electrons. The highest BCUT2D eigenvalue weighted by Crippen LogP contribution is 2.30. The lowest BCUT2D eigenvalue weighted by Gasteiger charge is -2.37. The van der Waals surface area contributed by atoms with Crippen LogP contribution in [0.15, 0.2) is 65.7 Å². The summed E-state index contributed by atoms with van der Waals surface area (Å²) in [5.74, 6) is 0.0496. The van der Waals surface area contributed by atoms with E-state index in [0.29, 0.717) is 28.1 Å². The Balaban J connectivity index is 1.42. The SMILES string of the molecule is CN(C)C1CCN(c2cc(-n3ccccc3=O)ccc2-n2cc(CCC(=O)c3ccc(Cl)s3)nn2)CC1. The molecule has 5 rings (SSSR count). The van der Waals surface area contributed by atoms with E-state index in [0.717, 1.165) is 48.7 Å². The largest absolute Gasteiger partial charge is 0.370 e. The first-order valence-electron chi connectivity index (χ1n) is 12.3. The van der Waals surface area contributed by atoms with E-state index < -0.39 is 0 Å². The number of piperidine rings is 1. The zero-order chi connectivity index (χ0) is 25.9. The standard InChI is InChI=1S/C27H29ClN6O2S/c1-31(2)20-12-15-32(16-13-20)23-17-21(33-14-4-3-5-27(33)36)7-8-22(23)34-18-19(29-30-34)6-9-24(35)25-10-11-26(28)37-25/h3-5,7-8,10-11,14,17-18,20H,6,9,12-13,15-16H2,1-2H3. The normalized spacial score (nSPS) is 14.4. The number of aryl methyl sites for hydroxylation is 1. The van der Waals surface area contributed by atoms with Gasteiger partial charge in [-0.2, -0.15) is 0 Å². The van der Waals surface area contributed by atoms with Crippen LogP contribution in [0.5, 0.6) is 0 Å². The minimum atomic E-state index is -0.0766. The fourth-order valence-corrected chi connectivity index (χ4v) is 5.74. The highest BCUT2D eigenvalue weighted by atomic mass is 35.5. The number of hydrogen-bond donors (Lipinski definition) is 0. The number of pyridine rings is 1. The van der Waals surface area contributed by atoms with Crippen LogP contribution in [0.2, 0.25) is 4.34 Å². The second-order valence-electron chi connectivity index (χ2n) is 9.45. The maximum absolute atomic E-state index is 12.5. The number of aromatic nitrogens is 4. The number of carbonyl (C=O) groups excluding carboxylic acids is 1. The second-order valence-corrected chi connectivity index (χ2v) is 11.2. The molecule has 1 fully saturated rings. The summed E-state index contributed by atoms with van der Waals surface area (Å²) in [7, 11) is 4.26. The van der Waals surface area contributed by atoms with E-state index in [4.69, 9.17) is 11.6 Å². The molecule has 0 unspecified atom stereocenters. The number of thiophene rings is 1. The highest BCUT2D eigenvalue weighted by molar-refractivity contribution is 7.18. The van der Waals surface area contributed by atoms with Crippen LogP contribution >= 0.6 is 22.9 Å². The van der Waals surface area contributed by atoms with Crippen LogP contribution in [0.1, 0.15) is 34.6 Å². The molecule has 8 nitrogen and oxygen atoms in total. The van der Waals surface area contributed by atoms with Crippen LogP contribution in [0.25, 0.3) is 11.4 Å². The lowest BCUT2D eigenvalue weighted by atomic mass is 10.0. The number of halogens is 1. The molecule has 1 saturated heterocycles. The molecule has 1 aromatic carbocycles. The first kappa shape index (κ1) is 25.4. The Bertz CT molecular complexity index is 1450. The van der Waals surface area contributed by atoms with Crippen LogP contribution in [-0.2, 0) is 6.42 Å². The predicted octanol–water partition coefficient (Wildman–Crippen LogP) is 4.48. The number of benzene rings is 1. The number of Topliss-reactive ketones (excluding diaryl/α,β-unsaturated/α-hetero) is 1. The summed E-state index contributed by atoms with van der Waals surface area (Å²) in [5.41, 5.74) is 3.38. The third kappa shape index (κ3) is 5.69. The van der Waals surface area contributed by atoms with Gasteiger partial charge in [-0.1, -0.05) is 22.9 Å². The van der Waals surface area contributed by atoms with Gasteiger partial charge in [0.2, 0.25) is 0 Å². The highest BCUT2D eigenvalue weighted by Gasteiger charge is 2.24. The van der Waals surface area contributed by atoms with Crippen molar-refractivity contribution in [2.45, 2.75) is 31.7 Å². The Morgan fingerprint density at radius 1 is 1.11 bits per heavy atom. The van der Waals surface area contributed by atoms with E-state index in [1.165, 1.54) is 11.3 Å². The molecule has 4 aromatic rings. The van der Waals surface area contributed by atoms with Gasteiger partial charge in [-0.3, -0.25) is 14.2 Å². The lowest BCUT2D eigenvalue weighted by molar-refractivity contribution is 0.0986. The number of ketones is 1. The summed E-state index contributed by atoms with van der Waals surface area (Å²) in [6.45, 7) is 1.81. The molecule has 1 aliphatic heterocycles. The van der Waals surface area contributed by atoms with Crippen LogP contribution in [0, 0.1) is 0 Å². The van der Waals surface area contributed by atoms with Gasteiger partial charge < -0.3 is 9.80 Å². The molecule has 0 atom stereocenters. The van der Waals surface area contributed by atoms with Crippen molar-refractivity contribution in [1.29, 1.82) is 0 Å². The van der Waals surface area contributed by atoms with E-state index in [-0.39, 0.29) is 11.3 Å². The number of rotatable bonds is 8. The van der Waals surface area contributed by atoms with Crippen molar-refractivity contribution < 1.29 is 4.79 Å². The minimum absolute atomic E-state index is 0.0496. The van der Waals surface area contributed by atoms with Gasteiger partial charge in [0.1, 0.15) is 0 Å². The summed E-state index contributed by atoms with van der Waals surface area (Å²) in [6.07, 6.45) is 6.61. The van der Waals surface area contributed by atoms with Crippen LogP contribution in [0.3, 0.4) is 0 Å². The fourth-order valence-electron chi connectivity index (χ4n) is 4.73. The summed E-state index contributed by atoms with van der Waals surface area (Å²) in [6, 6.07) is 15.2. The molecule has 3 aromatic heterocycles. The summed E-state index contributed by atoms with van der Waals surface area (Å²) >= 11 is 7.26. The van der Waals surface area contributed by atoms with Crippen molar-refractivity contribution in [3.05, 3.63) is 86.2 Å². The van der Waals surface area contributed by atoms with Gasteiger partial charge in [0.05, 0.1) is 38.2 Å². The van der Waals surface area contributed by atoms with E-state index >= 15 is 0 Å². The molecule has 0 saturated carbocycles. The molecule has 4 heterocycles. The first-order valence-corrected chi connectivity index (χ1v) is 13.5. The van der Waals surface area contributed by atoms with E-state index in [9.17, 15) is 9.59 Å². The quantitative estimate of drug-likeness (QED) is 0.309. The Hall–Kier alpha value is -3.27. The fraction of sp³-hybridized carbons (Fsp3) is 0.333. The lowest BCUT2D eigenvalue weighted by Crippen LogP contribution is -2.42. The zero-order valence-electron chi connectivity index (χ0n) is 20.9. The van der Waals surface area contributed by atoms with E-state index in [1.807, 2.05) is 24.4 Å². The van der Waals surface area contributed by atoms with Gasteiger partial charge in [0.25, 0.3) is 5.56 Å². The predicted molar refractivity (Wildman–Crippen MR) is 148 cm³/mol.